The van der Waals surface area contributed by atoms with Crippen LogP contribution >= 0.6 is 0 Å². The Bertz CT molecular complexity index is 2930. The number of halogens is 3. The molecule has 0 radical (unpaired) electrons. The number of hydrogen-bond acceptors (Lipinski definition) is 3. The molecule has 7 heteroatoms. The number of nitrogens with zero attached hydrogens (tertiary/aromatic N) is 3. The Morgan fingerprint density at radius 2 is 1.20 bits per heavy atom. The smallest absolute Gasteiger partial charge is 0.416 e. The maximum atomic E-state index is 14.4. The molecule has 60 heavy (non-hydrogen) atoms. The number of hydrogen-bond donors (Lipinski definition) is 1. The predicted molar refractivity (Wildman–Crippen MR) is 241 cm³/mol. The average Bonchev–Trinajstić information content (AvgIpc) is 3.57. The lowest BCUT2D eigenvalue weighted by Crippen LogP contribution is -2.12. The van der Waals surface area contributed by atoms with Crippen LogP contribution in [0.5, 0.6) is 5.75 Å². The number of benzene rings is 6. The quantitative estimate of drug-likeness (QED) is 0.182. The summed E-state index contributed by atoms with van der Waals surface area (Å²) in [6.45, 7) is 19.3. The maximum absolute atomic E-state index is 14.4. The molecule has 2 aromatic heterocycles. The highest BCUT2D eigenvalue weighted by Crippen LogP contribution is 2.44. The van der Waals surface area contributed by atoms with E-state index >= 15 is 0 Å². The fraction of sp³-hybridized carbons (Fsp3) is 0.245. The van der Waals surface area contributed by atoms with Crippen LogP contribution in [0, 0.1) is 6.92 Å². The van der Waals surface area contributed by atoms with Crippen molar-refractivity contribution in [2.45, 2.75) is 85.2 Å². The molecule has 1 N–H and O–H groups in total. The summed E-state index contributed by atoms with van der Waals surface area (Å²) in [6.07, 6.45) is -2.92. The van der Waals surface area contributed by atoms with Crippen molar-refractivity contribution in [3.63, 3.8) is 0 Å². The first kappa shape index (κ1) is 40.6. The monoisotopic (exact) mass is 801 g/mol. The molecule has 8 rings (SSSR count). The zero-order valence-electron chi connectivity index (χ0n) is 35.6. The number of fused-ring (bicyclic) bond motifs is 2. The van der Waals surface area contributed by atoms with Crippen LogP contribution < -0.4 is 0 Å². The Morgan fingerprint density at radius 1 is 0.583 bits per heavy atom. The standard InChI is InChI=1S/C53H50F3N3O/c1-31(2)35-24-36(26-37(25-35)43-30-40(53(54,55)56)27-34-16-13-21-57-48(34)43)42-22-32(3)23-46-49(42)58-50(44-29-39(52(7,8)9)18-20-47(44)60)59(46)45-19-17-38(51(4,5)6)28-41(45)33-14-11-10-12-15-33/h10-31,60H,1-9H3. The zero-order valence-corrected chi connectivity index (χ0v) is 35.6. The number of phenolic OH excluding ortho intramolecular Hbond substituents is 1. The molecule has 0 aliphatic rings. The Kier molecular flexibility index (Phi) is 10.0. The van der Waals surface area contributed by atoms with E-state index in [1.54, 1.807) is 24.4 Å². The number of aryl methyl sites for hydroxylation is 1. The Morgan fingerprint density at radius 3 is 1.83 bits per heavy atom. The van der Waals surface area contributed by atoms with E-state index in [9.17, 15) is 18.3 Å². The van der Waals surface area contributed by atoms with Crippen molar-refractivity contribution in [1.29, 1.82) is 0 Å². The number of aromatic hydroxyl groups is 1. The fourth-order valence-electron chi connectivity index (χ4n) is 8.06. The first-order chi connectivity index (χ1) is 28.3. The third-order valence-electron chi connectivity index (χ3n) is 11.5. The number of aromatic nitrogens is 3. The molecule has 0 fully saturated rings. The summed E-state index contributed by atoms with van der Waals surface area (Å²) in [7, 11) is 0. The number of rotatable bonds is 6. The molecular formula is C53H50F3N3O. The lowest BCUT2D eigenvalue weighted by molar-refractivity contribution is -0.137. The largest absolute Gasteiger partial charge is 0.507 e. The normalized spacial score (nSPS) is 12.6. The van der Waals surface area contributed by atoms with Crippen molar-refractivity contribution in [2.75, 3.05) is 0 Å². The van der Waals surface area contributed by atoms with E-state index in [2.05, 4.69) is 120 Å². The van der Waals surface area contributed by atoms with E-state index in [1.165, 1.54) is 17.7 Å². The van der Waals surface area contributed by atoms with Gasteiger partial charge in [-0.25, -0.2) is 4.98 Å². The van der Waals surface area contributed by atoms with E-state index in [0.717, 1.165) is 50.1 Å². The van der Waals surface area contributed by atoms with E-state index in [4.69, 9.17) is 4.98 Å². The third kappa shape index (κ3) is 7.58. The highest BCUT2D eigenvalue weighted by molar-refractivity contribution is 6.00. The van der Waals surface area contributed by atoms with Crippen LogP contribution in [0.4, 0.5) is 13.2 Å². The average molecular weight is 802 g/mol. The summed E-state index contributed by atoms with van der Waals surface area (Å²) in [5, 5.41) is 12.1. The number of imidazole rings is 1. The molecule has 2 heterocycles. The topological polar surface area (TPSA) is 50.9 Å². The van der Waals surface area contributed by atoms with Gasteiger partial charge in [0.2, 0.25) is 0 Å². The second kappa shape index (κ2) is 14.8. The summed E-state index contributed by atoms with van der Waals surface area (Å²) in [4.78, 5) is 10.1. The van der Waals surface area contributed by atoms with Crippen molar-refractivity contribution in [3.05, 3.63) is 155 Å². The maximum Gasteiger partial charge on any atom is 0.416 e. The Hall–Kier alpha value is -6.21. The van der Waals surface area contributed by atoms with Gasteiger partial charge in [0.05, 0.1) is 33.4 Å². The first-order valence-electron chi connectivity index (χ1n) is 20.5. The minimum atomic E-state index is -4.54. The van der Waals surface area contributed by atoms with Crippen molar-refractivity contribution in [1.82, 2.24) is 14.5 Å². The number of phenols is 1. The van der Waals surface area contributed by atoms with Crippen LogP contribution in [-0.4, -0.2) is 19.6 Å². The van der Waals surface area contributed by atoms with Crippen LogP contribution in [0.25, 0.3) is 72.4 Å². The fourth-order valence-corrected chi connectivity index (χ4v) is 8.06. The van der Waals surface area contributed by atoms with Crippen molar-refractivity contribution >= 4 is 21.9 Å². The van der Waals surface area contributed by atoms with E-state index in [0.29, 0.717) is 38.9 Å². The van der Waals surface area contributed by atoms with Gasteiger partial charge in [-0.15, -0.1) is 0 Å². The Balaban J connectivity index is 1.48. The van der Waals surface area contributed by atoms with Crippen LogP contribution in [-0.2, 0) is 17.0 Å². The number of pyridine rings is 1. The molecular weight excluding hydrogens is 752 g/mol. The third-order valence-corrected chi connectivity index (χ3v) is 11.5. The van der Waals surface area contributed by atoms with Gasteiger partial charge in [0, 0.05) is 28.3 Å². The van der Waals surface area contributed by atoms with Gasteiger partial charge in [-0.05, 0) is 123 Å². The molecule has 0 aliphatic carbocycles. The summed E-state index contributed by atoms with van der Waals surface area (Å²) in [5.41, 5.74) is 11.4. The first-order valence-corrected chi connectivity index (χ1v) is 20.5. The highest BCUT2D eigenvalue weighted by atomic mass is 19.4. The van der Waals surface area contributed by atoms with Crippen LogP contribution in [0.2, 0.25) is 0 Å². The van der Waals surface area contributed by atoms with E-state index in [1.807, 2.05) is 42.5 Å². The van der Waals surface area contributed by atoms with Crippen molar-refractivity contribution in [2.24, 2.45) is 0 Å². The van der Waals surface area contributed by atoms with Gasteiger partial charge < -0.3 is 5.11 Å². The molecule has 8 aromatic rings. The van der Waals surface area contributed by atoms with Gasteiger partial charge in [0.15, 0.2) is 0 Å². The molecule has 0 atom stereocenters. The molecule has 0 saturated carbocycles. The minimum Gasteiger partial charge on any atom is -0.507 e. The molecule has 0 bridgehead atoms. The summed E-state index contributed by atoms with van der Waals surface area (Å²) in [5.74, 6) is 0.752. The van der Waals surface area contributed by atoms with Gasteiger partial charge in [0.1, 0.15) is 11.6 Å². The molecule has 304 valence electrons. The molecule has 6 aromatic carbocycles. The van der Waals surface area contributed by atoms with Gasteiger partial charge in [-0.3, -0.25) is 9.55 Å². The van der Waals surface area contributed by atoms with Crippen molar-refractivity contribution < 1.29 is 18.3 Å². The van der Waals surface area contributed by atoms with Gasteiger partial charge in [-0.2, -0.15) is 13.2 Å². The molecule has 0 unspecified atom stereocenters. The predicted octanol–water partition coefficient (Wildman–Crippen LogP) is 15.0. The van der Waals surface area contributed by atoms with Gasteiger partial charge >= 0.3 is 6.18 Å². The zero-order chi connectivity index (χ0) is 42.9. The second-order valence-corrected chi connectivity index (χ2v) is 18.4. The lowest BCUT2D eigenvalue weighted by atomic mass is 9.84. The number of alkyl halides is 3. The minimum absolute atomic E-state index is 0.0639. The van der Waals surface area contributed by atoms with Gasteiger partial charge in [0.25, 0.3) is 0 Å². The Labute approximate surface area is 350 Å². The lowest BCUT2D eigenvalue weighted by Gasteiger charge is -2.23. The molecule has 4 nitrogen and oxygen atoms in total. The van der Waals surface area contributed by atoms with Crippen LogP contribution in [0.15, 0.2) is 128 Å². The van der Waals surface area contributed by atoms with E-state index < -0.39 is 11.7 Å². The van der Waals surface area contributed by atoms with Crippen LogP contribution in [0.3, 0.4) is 0 Å². The molecule has 0 amide bonds. The summed E-state index contributed by atoms with van der Waals surface area (Å²) < 4.78 is 45.3. The molecule has 0 aliphatic heterocycles. The van der Waals surface area contributed by atoms with Crippen molar-refractivity contribution in [3.8, 4) is 56.2 Å². The summed E-state index contributed by atoms with van der Waals surface area (Å²) >= 11 is 0. The van der Waals surface area contributed by atoms with Gasteiger partial charge in [-0.1, -0.05) is 116 Å². The summed E-state index contributed by atoms with van der Waals surface area (Å²) in [6, 6.07) is 38.7. The second-order valence-electron chi connectivity index (χ2n) is 18.4. The SMILES string of the molecule is Cc1cc(-c2cc(-c3cc(C(F)(F)F)cc4cccnc34)cc(C(C)C)c2)c2nc(-c3cc(C(C)(C)C)ccc3O)n(-c3ccc(C(C)(C)C)cc3-c3ccccc3)c2c1. The molecule has 0 spiro atoms. The highest BCUT2D eigenvalue weighted by Gasteiger charge is 2.32. The molecule has 0 saturated heterocycles. The van der Waals surface area contributed by atoms with E-state index in [-0.39, 0.29) is 22.5 Å². The van der Waals surface area contributed by atoms with Crippen LogP contribution in [0.1, 0.15) is 89.1 Å².